The number of benzene rings is 2. The highest BCUT2D eigenvalue weighted by Crippen LogP contribution is 2.43. The van der Waals surface area contributed by atoms with Gasteiger partial charge in [0.2, 0.25) is 0 Å². The van der Waals surface area contributed by atoms with E-state index >= 15 is 0 Å². The Hall–Kier alpha value is -1.91. The Kier molecular flexibility index (Phi) is 5.20. The first-order chi connectivity index (χ1) is 13.1. The van der Waals surface area contributed by atoms with Crippen LogP contribution in [0.1, 0.15) is 50.5 Å². The highest BCUT2D eigenvalue weighted by atomic mass is 16.3. The van der Waals surface area contributed by atoms with Crippen molar-refractivity contribution in [2.75, 3.05) is 20.1 Å². The van der Waals surface area contributed by atoms with Gasteiger partial charge in [0.15, 0.2) is 5.60 Å². The Morgan fingerprint density at radius 1 is 1.00 bits per heavy atom. The van der Waals surface area contributed by atoms with Gasteiger partial charge in [-0.1, -0.05) is 61.7 Å². The molecule has 144 valence electrons. The van der Waals surface area contributed by atoms with E-state index in [-0.39, 0.29) is 11.8 Å². The Labute approximate surface area is 161 Å². The molecule has 4 heteroatoms. The molecule has 0 aromatic heterocycles. The topological polar surface area (TPSA) is 43.8 Å². The van der Waals surface area contributed by atoms with Crippen molar-refractivity contribution in [1.82, 2.24) is 10.0 Å². The zero-order valence-electron chi connectivity index (χ0n) is 16.2. The monoisotopic (exact) mass is 366 g/mol. The number of likely N-dealkylation sites (N-methyl/N-ethyl adjacent to an activating group) is 1. The maximum absolute atomic E-state index is 13.7. The van der Waals surface area contributed by atoms with Gasteiger partial charge in [-0.2, -0.15) is 0 Å². The van der Waals surface area contributed by atoms with Gasteiger partial charge in [0.25, 0.3) is 5.91 Å². The molecule has 1 N–H and O–H groups in total. The van der Waals surface area contributed by atoms with Crippen molar-refractivity contribution in [3.63, 3.8) is 0 Å². The maximum atomic E-state index is 13.7. The van der Waals surface area contributed by atoms with Gasteiger partial charge >= 0.3 is 0 Å². The van der Waals surface area contributed by atoms with Crippen LogP contribution >= 0.6 is 0 Å². The molecule has 0 spiro atoms. The minimum absolute atomic E-state index is 0.0328. The van der Waals surface area contributed by atoms with Crippen molar-refractivity contribution >= 4 is 16.7 Å². The standard InChI is InChI=1S/C23H30N2O2/c1-24(25-16-7-8-17-25)22(26)23(27,19-12-3-2-4-13-19)21-15-9-11-18-10-5-6-14-20(18)21/h5-6,9-11,14-15,19,27H,2-4,7-8,12-13,16-17H2,1H3. The van der Waals surface area contributed by atoms with Crippen LogP contribution in [0, 0.1) is 5.92 Å². The maximum Gasteiger partial charge on any atom is 0.273 e. The minimum atomic E-state index is -1.47. The van der Waals surface area contributed by atoms with E-state index in [4.69, 9.17) is 0 Å². The van der Waals surface area contributed by atoms with E-state index in [0.717, 1.165) is 68.0 Å². The van der Waals surface area contributed by atoms with Gasteiger partial charge in [-0.3, -0.25) is 9.80 Å². The third kappa shape index (κ3) is 3.26. The number of hydrogen-bond acceptors (Lipinski definition) is 3. The second-order valence-electron chi connectivity index (χ2n) is 8.12. The zero-order valence-corrected chi connectivity index (χ0v) is 16.2. The second-order valence-corrected chi connectivity index (χ2v) is 8.12. The lowest BCUT2D eigenvalue weighted by Crippen LogP contribution is -2.55. The first kappa shape index (κ1) is 18.5. The molecule has 2 aromatic carbocycles. The Morgan fingerprint density at radius 3 is 2.41 bits per heavy atom. The smallest absolute Gasteiger partial charge is 0.273 e. The molecule has 1 atom stereocenters. The Balaban J connectivity index is 1.81. The van der Waals surface area contributed by atoms with Crippen molar-refractivity contribution in [2.45, 2.75) is 50.5 Å². The molecular formula is C23H30N2O2. The van der Waals surface area contributed by atoms with E-state index in [1.807, 2.05) is 37.4 Å². The summed E-state index contributed by atoms with van der Waals surface area (Å²) in [5.41, 5.74) is -0.706. The molecule has 1 aliphatic heterocycles. The summed E-state index contributed by atoms with van der Waals surface area (Å²) < 4.78 is 0. The lowest BCUT2D eigenvalue weighted by atomic mass is 9.71. The predicted molar refractivity (Wildman–Crippen MR) is 108 cm³/mol. The number of aliphatic hydroxyl groups is 1. The lowest BCUT2D eigenvalue weighted by molar-refractivity contribution is -0.174. The van der Waals surface area contributed by atoms with Gasteiger partial charge in [-0.15, -0.1) is 0 Å². The van der Waals surface area contributed by atoms with Gasteiger partial charge in [-0.05, 0) is 36.5 Å². The number of carbonyl (C=O) groups is 1. The van der Waals surface area contributed by atoms with Crippen LogP contribution in [-0.2, 0) is 10.4 Å². The molecule has 27 heavy (non-hydrogen) atoms. The molecule has 1 heterocycles. The van der Waals surface area contributed by atoms with Gasteiger partial charge in [-0.25, -0.2) is 5.01 Å². The van der Waals surface area contributed by atoms with E-state index in [9.17, 15) is 9.90 Å². The summed E-state index contributed by atoms with van der Waals surface area (Å²) in [7, 11) is 1.83. The molecule has 1 amide bonds. The molecule has 1 saturated carbocycles. The number of rotatable bonds is 4. The summed E-state index contributed by atoms with van der Waals surface area (Å²) in [5.74, 6) is -0.206. The van der Waals surface area contributed by atoms with Crippen molar-refractivity contribution in [1.29, 1.82) is 0 Å². The molecule has 0 radical (unpaired) electrons. The van der Waals surface area contributed by atoms with Crippen LogP contribution < -0.4 is 0 Å². The first-order valence-corrected chi connectivity index (χ1v) is 10.4. The molecule has 2 aromatic rings. The highest BCUT2D eigenvalue weighted by molar-refractivity contribution is 5.94. The normalized spacial score (nSPS) is 21.3. The summed E-state index contributed by atoms with van der Waals surface area (Å²) in [6.45, 7) is 1.77. The van der Waals surface area contributed by atoms with Crippen LogP contribution in [0.3, 0.4) is 0 Å². The number of amides is 1. The quantitative estimate of drug-likeness (QED) is 0.887. The molecule has 4 rings (SSSR count). The highest BCUT2D eigenvalue weighted by Gasteiger charge is 2.48. The molecule has 1 aliphatic carbocycles. The zero-order chi connectivity index (χ0) is 18.9. The third-order valence-electron chi connectivity index (χ3n) is 6.52. The summed E-state index contributed by atoms with van der Waals surface area (Å²) in [6.07, 6.45) is 7.37. The average Bonchev–Trinajstić information content (AvgIpc) is 3.27. The predicted octanol–water partition coefficient (Wildman–Crippen LogP) is 4.08. The van der Waals surface area contributed by atoms with Crippen LogP contribution in [0.15, 0.2) is 42.5 Å². The molecule has 2 aliphatic rings. The number of nitrogens with zero attached hydrogens (tertiary/aromatic N) is 2. The molecule has 1 saturated heterocycles. The average molecular weight is 367 g/mol. The third-order valence-corrected chi connectivity index (χ3v) is 6.52. The SMILES string of the molecule is CN(C(=O)C(O)(c1cccc2ccccc12)C1CCCCC1)N1CCCC1. The van der Waals surface area contributed by atoms with Crippen molar-refractivity contribution in [3.05, 3.63) is 48.0 Å². The van der Waals surface area contributed by atoms with Crippen molar-refractivity contribution in [3.8, 4) is 0 Å². The Morgan fingerprint density at radius 2 is 1.67 bits per heavy atom. The summed E-state index contributed by atoms with van der Waals surface area (Å²) in [6, 6.07) is 14.0. The van der Waals surface area contributed by atoms with Crippen molar-refractivity contribution < 1.29 is 9.90 Å². The van der Waals surface area contributed by atoms with Crippen LogP contribution in [0.2, 0.25) is 0 Å². The van der Waals surface area contributed by atoms with Gasteiger partial charge in [0.1, 0.15) is 0 Å². The fourth-order valence-corrected chi connectivity index (χ4v) is 4.96. The number of hydrogen-bond donors (Lipinski definition) is 1. The fraction of sp³-hybridized carbons (Fsp3) is 0.522. The van der Waals surface area contributed by atoms with E-state index in [0.29, 0.717) is 0 Å². The van der Waals surface area contributed by atoms with E-state index in [1.165, 1.54) is 6.42 Å². The summed E-state index contributed by atoms with van der Waals surface area (Å²) in [5, 5.41) is 17.9. The van der Waals surface area contributed by atoms with Gasteiger partial charge < -0.3 is 5.11 Å². The fourth-order valence-electron chi connectivity index (χ4n) is 4.96. The van der Waals surface area contributed by atoms with Gasteiger partial charge in [0, 0.05) is 31.6 Å². The van der Waals surface area contributed by atoms with Gasteiger partial charge in [0.05, 0.1) is 0 Å². The molecule has 4 nitrogen and oxygen atoms in total. The molecule has 0 bridgehead atoms. The van der Waals surface area contributed by atoms with Crippen LogP contribution in [0.4, 0.5) is 0 Å². The van der Waals surface area contributed by atoms with E-state index < -0.39 is 5.60 Å². The minimum Gasteiger partial charge on any atom is -0.375 e. The number of fused-ring (bicyclic) bond motifs is 1. The van der Waals surface area contributed by atoms with E-state index in [2.05, 4.69) is 17.1 Å². The van der Waals surface area contributed by atoms with Crippen LogP contribution in [0.5, 0.6) is 0 Å². The lowest BCUT2D eigenvalue weighted by Gasteiger charge is -2.42. The van der Waals surface area contributed by atoms with Crippen LogP contribution in [-0.4, -0.2) is 41.2 Å². The largest absolute Gasteiger partial charge is 0.375 e. The summed E-state index contributed by atoms with van der Waals surface area (Å²) >= 11 is 0. The molecular weight excluding hydrogens is 336 g/mol. The summed E-state index contributed by atoms with van der Waals surface area (Å²) in [4.78, 5) is 13.7. The molecule has 1 unspecified atom stereocenters. The Bertz CT molecular complexity index is 804. The second kappa shape index (κ2) is 7.61. The number of carbonyl (C=O) groups excluding carboxylic acids is 1. The van der Waals surface area contributed by atoms with Crippen molar-refractivity contribution in [2.24, 2.45) is 5.92 Å². The van der Waals surface area contributed by atoms with Crippen LogP contribution in [0.25, 0.3) is 10.8 Å². The molecule has 2 fully saturated rings. The number of hydrazine groups is 1. The van der Waals surface area contributed by atoms with E-state index in [1.54, 1.807) is 5.01 Å². The first-order valence-electron chi connectivity index (χ1n) is 10.4.